The lowest BCUT2D eigenvalue weighted by Crippen LogP contribution is -2.27. The predicted molar refractivity (Wildman–Crippen MR) is 80.1 cm³/mol. The summed E-state index contributed by atoms with van der Waals surface area (Å²) in [7, 11) is 0. The third kappa shape index (κ3) is 3.76. The molecule has 0 radical (unpaired) electrons. The fourth-order valence-corrected chi connectivity index (χ4v) is 3.65. The first-order chi connectivity index (χ1) is 8.19. The molecule has 1 N–H and O–H groups in total. The van der Waals surface area contributed by atoms with Crippen LogP contribution in [0.1, 0.15) is 25.7 Å². The number of thioether (sulfide) groups is 1. The minimum atomic E-state index is 0.545. The van der Waals surface area contributed by atoms with Crippen LogP contribution in [-0.4, -0.2) is 22.5 Å². The van der Waals surface area contributed by atoms with Crippen LogP contribution < -0.4 is 5.32 Å². The number of rotatable bonds is 3. The summed E-state index contributed by atoms with van der Waals surface area (Å²) in [5.41, 5.74) is 0. The van der Waals surface area contributed by atoms with Gasteiger partial charge in [0.25, 0.3) is 0 Å². The van der Waals surface area contributed by atoms with Crippen molar-refractivity contribution in [1.29, 1.82) is 0 Å². The maximum Gasteiger partial charge on any atom is 0.140 e. The number of halogens is 2. The Morgan fingerprint density at radius 1 is 1.41 bits per heavy atom. The van der Waals surface area contributed by atoms with E-state index < -0.39 is 0 Å². The first-order valence-corrected chi connectivity index (χ1v) is 8.25. The van der Waals surface area contributed by atoms with Gasteiger partial charge in [0.15, 0.2) is 0 Å². The van der Waals surface area contributed by atoms with Crippen LogP contribution in [0.2, 0.25) is 5.02 Å². The van der Waals surface area contributed by atoms with Crippen LogP contribution in [0.4, 0.5) is 5.82 Å². The van der Waals surface area contributed by atoms with E-state index in [1.54, 1.807) is 6.20 Å². The minimum absolute atomic E-state index is 0.545. The zero-order valence-corrected chi connectivity index (χ0v) is 12.9. The highest BCUT2D eigenvalue weighted by Gasteiger charge is 2.21. The number of hydrogen-bond donors (Lipinski definition) is 1. The average molecular weight is 336 g/mol. The largest absolute Gasteiger partial charge is 0.366 e. The molecule has 0 saturated heterocycles. The van der Waals surface area contributed by atoms with Gasteiger partial charge < -0.3 is 5.32 Å². The molecule has 1 fully saturated rings. The van der Waals surface area contributed by atoms with Crippen molar-refractivity contribution >= 4 is 45.1 Å². The van der Waals surface area contributed by atoms with Gasteiger partial charge in [-0.15, -0.1) is 0 Å². The number of nitrogens with zero attached hydrogens (tertiary/aromatic N) is 1. The summed E-state index contributed by atoms with van der Waals surface area (Å²) >= 11 is 11.3. The summed E-state index contributed by atoms with van der Waals surface area (Å²) in [4.78, 5) is 4.32. The molecule has 1 aromatic rings. The zero-order valence-electron chi connectivity index (χ0n) is 9.75. The zero-order chi connectivity index (χ0) is 12.3. The van der Waals surface area contributed by atoms with E-state index in [1.165, 1.54) is 25.7 Å². The fraction of sp³-hybridized carbons (Fsp3) is 0.583. The van der Waals surface area contributed by atoms with Crippen molar-refractivity contribution in [3.8, 4) is 0 Å². The molecule has 2 nitrogen and oxygen atoms in total. The molecule has 0 atom stereocenters. The fourth-order valence-electron chi connectivity index (χ4n) is 2.16. The quantitative estimate of drug-likeness (QED) is 0.875. The van der Waals surface area contributed by atoms with Crippen molar-refractivity contribution < 1.29 is 0 Å². The summed E-state index contributed by atoms with van der Waals surface area (Å²) in [5.74, 6) is 0.905. The van der Waals surface area contributed by atoms with Crippen molar-refractivity contribution in [2.45, 2.75) is 37.0 Å². The normalized spacial score (nSPS) is 24.6. The van der Waals surface area contributed by atoms with E-state index in [0.29, 0.717) is 11.1 Å². The lowest BCUT2D eigenvalue weighted by molar-refractivity contribution is 0.472. The maximum absolute atomic E-state index is 5.87. The van der Waals surface area contributed by atoms with Gasteiger partial charge in [-0.1, -0.05) is 11.6 Å². The topological polar surface area (TPSA) is 24.9 Å². The van der Waals surface area contributed by atoms with Crippen molar-refractivity contribution in [3.05, 3.63) is 21.8 Å². The lowest BCUT2D eigenvalue weighted by Gasteiger charge is -2.28. The third-order valence-corrected chi connectivity index (χ3v) is 5.11. The Bertz CT molecular complexity index is 381. The van der Waals surface area contributed by atoms with E-state index in [4.69, 9.17) is 11.6 Å². The summed E-state index contributed by atoms with van der Waals surface area (Å²) in [5, 5.41) is 5.00. The summed E-state index contributed by atoms with van der Waals surface area (Å²) in [6, 6.07) is 2.42. The molecule has 1 heterocycles. The van der Waals surface area contributed by atoms with Gasteiger partial charge in [0.2, 0.25) is 0 Å². The van der Waals surface area contributed by atoms with E-state index in [9.17, 15) is 0 Å². The molecule has 0 amide bonds. The van der Waals surface area contributed by atoms with E-state index in [0.717, 1.165) is 15.5 Å². The van der Waals surface area contributed by atoms with Crippen LogP contribution in [0.15, 0.2) is 16.7 Å². The number of pyridine rings is 1. The first-order valence-electron chi connectivity index (χ1n) is 5.79. The van der Waals surface area contributed by atoms with E-state index in [2.05, 4.69) is 32.5 Å². The molecule has 5 heteroatoms. The second kappa shape index (κ2) is 6.30. The highest BCUT2D eigenvalue weighted by atomic mass is 79.9. The van der Waals surface area contributed by atoms with Gasteiger partial charge >= 0.3 is 0 Å². The van der Waals surface area contributed by atoms with Gasteiger partial charge in [-0.3, -0.25) is 0 Å². The standard InChI is InChI=1S/C12H16BrClN2S/c1-17-10-4-2-9(3-5-10)16-12-11(13)6-8(14)7-15-12/h6-7,9-10H,2-5H2,1H3,(H,15,16). The maximum atomic E-state index is 5.87. The Labute approximate surface area is 120 Å². The number of hydrogen-bond acceptors (Lipinski definition) is 3. The van der Waals surface area contributed by atoms with Crippen molar-refractivity contribution in [3.63, 3.8) is 0 Å². The molecule has 1 aliphatic carbocycles. The summed E-state index contributed by atoms with van der Waals surface area (Å²) in [6.45, 7) is 0. The molecular weight excluding hydrogens is 320 g/mol. The molecule has 2 rings (SSSR count). The van der Waals surface area contributed by atoms with Crippen LogP contribution in [0.25, 0.3) is 0 Å². The summed E-state index contributed by atoms with van der Waals surface area (Å²) in [6.07, 6.45) is 8.93. The molecule has 1 aromatic heterocycles. The lowest BCUT2D eigenvalue weighted by atomic mass is 9.95. The third-order valence-electron chi connectivity index (χ3n) is 3.16. The molecule has 0 spiro atoms. The minimum Gasteiger partial charge on any atom is -0.366 e. The molecule has 0 aliphatic heterocycles. The second-order valence-electron chi connectivity index (χ2n) is 4.34. The first kappa shape index (κ1) is 13.5. The molecule has 0 aromatic carbocycles. The molecule has 0 unspecified atom stereocenters. The van der Waals surface area contributed by atoms with Crippen LogP contribution in [0.3, 0.4) is 0 Å². The Kier molecular flexibility index (Phi) is 5.00. The second-order valence-corrected chi connectivity index (χ2v) is 6.77. The van der Waals surface area contributed by atoms with Gasteiger partial charge in [0.1, 0.15) is 5.82 Å². The number of aromatic nitrogens is 1. The van der Waals surface area contributed by atoms with Crippen LogP contribution in [0, 0.1) is 0 Å². The van der Waals surface area contributed by atoms with Crippen LogP contribution in [-0.2, 0) is 0 Å². The average Bonchev–Trinajstić information content (AvgIpc) is 2.34. The smallest absolute Gasteiger partial charge is 0.140 e. The highest BCUT2D eigenvalue weighted by Crippen LogP contribution is 2.30. The van der Waals surface area contributed by atoms with Crippen molar-refractivity contribution in [2.24, 2.45) is 0 Å². The van der Waals surface area contributed by atoms with Crippen molar-refractivity contribution in [2.75, 3.05) is 11.6 Å². The molecule has 1 aliphatic rings. The molecule has 1 saturated carbocycles. The number of nitrogens with one attached hydrogen (secondary N) is 1. The van der Waals surface area contributed by atoms with Gasteiger partial charge in [0.05, 0.1) is 9.50 Å². The summed E-state index contributed by atoms with van der Waals surface area (Å²) < 4.78 is 0.942. The van der Waals surface area contributed by atoms with Gasteiger partial charge in [-0.25, -0.2) is 4.98 Å². The molecule has 17 heavy (non-hydrogen) atoms. The SMILES string of the molecule is CSC1CCC(Nc2ncc(Cl)cc2Br)CC1. The Balaban J connectivity index is 1.93. The van der Waals surface area contributed by atoms with E-state index in [-0.39, 0.29) is 0 Å². The Morgan fingerprint density at radius 3 is 2.71 bits per heavy atom. The van der Waals surface area contributed by atoms with Gasteiger partial charge in [-0.2, -0.15) is 11.8 Å². The van der Waals surface area contributed by atoms with Gasteiger partial charge in [-0.05, 0) is 53.9 Å². The number of anilines is 1. The van der Waals surface area contributed by atoms with Crippen LogP contribution in [0.5, 0.6) is 0 Å². The predicted octanol–water partition coefficient (Wildman–Crippen LogP) is 4.58. The van der Waals surface area contributed by atoms with Crippen molar-refractivity contribution in [1.82, 2.24) is 4.98 Å². The van der Waals surface area contributed by atoms with Crippen LogP contribution >= 0.6 is 39.3 Å². The highest BCUT2D eigenvalue weighted by molar-refractivity contribution is 9.10. The molecular formula is C12H16BrClN2S. The van der Waals surface area contributed by atoms with E-state index in [1.807, 2.05) is 17.8 Å². The Hall–Kier alpha value is 0.0700. The molecule has 0 bridgehead atoms. The van der Waals surface area contributed by atoms with E-state index >= 15 is 0 Å². The monoisotopic (exact) mass is 334 g/mol. The molecule has 94 valence electrons. The Morgan fingerprint density at radius 2 is 2.12 bits per heavy atom. The van der Waals surface area contributed by atoms with Gasteiger partial charge in [0, 0.05) is 17.5 Å².